The van der Waals surface area contributed by atoms with Crippen LogP contribution in [0, 0.1) is 6.92 Å². The van der Waals surface area contributed by atoms with Crippen molar-refractivity contribution in [3.63, 3.8) is 0 Å². The van der Waals surface area contributed by atoms with Crippen LogP contribution in [0.3, 0.4) is 0 Å². The Labute approximate surface area is 113 Å². The van der Waals surface area contributed by atoms with Crippen molar-refractivity contribution in [2.75, 3.05) is 0 Å². The Hall–Kier alpha value is -1.25. The Morgan fingerprint density at radius 3 is 1.94 bits per heavy atom. The third-order valence-corrected chi connectivity index (χ3v) is 4.02. The van der Waals surface area contributed by atoms with Crippen LogP contribution in [-0.2, 0) is 0 Å². The summed E-state index contributed by atoms with van der Waals surface area (Å²) in [6.45, 7) is 4.22. The van der Waals surface area contributed by atoms with Gasteiger partial charge in [0.1, 0.15) is 0 Å². The number of benzene rings is 2. The maximum absolute atomic E-state index is 6.01. The lowest BCUT2D eigenvalue weighted by Gasteiger charge is -2.09. The van der Waals surface area contributed by atoms with Gasteiger partial charge >= 0.3 is 0 Å². The van der Waals surface area contributed by atoms with Gasteiger partial charge in [0, 0.05) is 15.8 Å². The van der Waals surface area contributed by atoms with Gasteiger partial charge in [-0.2, -0.15) is 0 Å². The summed E-state index contributed by atoms with van der Waals surface area (Å²) in [7, 11) is 0. The predicted molar refractivity (Wildman–Crippen MR) is 79.0 cm³/mol. The van der Waals surface area contributed by atoms with Crippen LogP contribution in [0.2, 0.25) is 0 Å². The fraction of sp³-hybridized carbons (Fsp3) is 0.250. The number of hydrogen-bond acceptors (Lipinski definition) is 2. The quantitative estimate of drug-likeness (QED) is 0.869. The molecule has 0 aliphatic carbocycles. The number of aryl methyl sites for hydroxylation is 1. The van der Waals surface area contributed by atoms with E-state index in [1.54, 1.807) is 11.8 Å². The molecule has 0 fully saturated rings. The molecule has 1 atom stereocenters. The fourth-order valence-electron chi connectivity index (χ4n) is 1.76. The molecule has 18 heavy (non-hydrogen) atoms. The Morgan fingerprint density at radius 1 is 0.944 bits per heavy atom. The topological polar surface area (TPSA) is 26.0 Å². The first-order valence-corrected chi connectivity index (χ1v) is 7.10. The van der Waals surface area contributed by atoms with Gasteiger partial charge in [0.15, 0.2) is 0 Å². The Balaban J connectivity index is 2.08. The molecule has 1 unspecified atom stereocenters. The SMILES string of the molecule is CCC(N)c1ccc(Sc2ccc(C)cc2)cc1. The van der Waals surface area contributed by atoms with Crippen LogP contribution in [0.1, 0.15) is 30.5 Å². The van der Waals surface area contributed by atoms with E-state index < -0.39 is 0 Å². The Bertz CT molecular complexity index is 488. The molecule has 0 bridgehead atoms. The van der Waals surface area contributed by atoms with Crippen LogP contribution in [0.5, 0.6) is 0 Å². The molecule has 0 spiro atoms. The average molecular weight is 257 g/mol. The molecule has 0 amide bonds. The molecule has 2 rings (SSSR count). The standard InChI is InChI=1S/C16H19NS/c1-3-16(17)13-6-10-15(11-7-13)18-14-8-4-12(2)5-9-14/h4-11,16H,3,17H2,1-2H3. The maximum atomic E-state index is 6.01. The molecule has 0 aliphatic rings. The number of hydrogen-bond donors (Lipinski definition) is 1. The summed E-state index contributed by atoms with van der Waals surface area (Å²) >= 11 is 1.78. The lowest BCUT2D eigenvalue weighted by atomic mass is 10.1. The molecule has 0 heterocycles. The van der Waals surface area contributed by atoms with Gasteiger partial charge in [-0.05, 0) is 43.2 Å². The minimum absolute atomic E-state index is 0.156. The minimum atomic E-state index is 0.156. The van der Waals surface area contributed by atoms with Crippen molar-refractivity contribution in [1.82, 2.24) is 0 Å². The smallest absolute Gasteiger partial charge is 0.0292 e. The van der Waals surface area contributed by atoms with Crippen LogP contribution in [-0.4, -0.2) is 0 Å². The van der Waals surface area contributed by atoms with E-state index in [2.05, 4.69) is 62.4 Å². The monoisotopic (exact) mass is 257 g/mol. The van der Waals surface area contributed by atoms with E-state index in [-0.39, 0.29) is 6.04 Å². The molecule has 0 saturated carbocycles. The van der Waals surface area contributed by atoms with Gasteiger partial charge in [-0.1, -0.05) is 48.5 Å². The van der Waals surface area contributed by atoms with Gasteiger partial charge < -0.3 is 5.73 Å². The van der Waals surface area contributed by atoms with Crippen LogP contribution in [0.25, 0.3) is 0 Å². The molecule has 2 aromatic rings. The normalized spacial score (nSPS) is 12.4. The van der Waals surface area contributed by atoms with E-state index in [4.69, 9.17) is 5.73 Å². The summed E-state index contributed by atoms with van der Waals surface area (Å²) in [5.41, 5.74) is 8.52. The second-order valence-corrected chi connectivity index (χ2v) is 5.65. The van der Waals surface area contributed by atoms with E-state index >= 15 is 0 Å². The largest absolute Gasteiger partial charge is 0.324 e. The van der Waals surface area contributed by atoms with Crippen molar-refractivity contribution in [1.29, 1.82) is 0 Å². The van der Waals surface area contributed by atoms with Crippen molar-refractivity contribution < 1.29 is 0 Å². The molecular formula is C16H19NS. The highest BCUT2D eigenvalue weighted by Gasteiger charge is 2.03. The maximum Gasteiger partial charge on any atom is 0.0292 e. The van der Waals surface area contributed by atoms with Crippen LogP contribution >= 0.6 is 11.8 Å². The summed E-state index contributed by atoms with van der Waals surface area (Å²) in [4.78, 5) is 2.53. The predicted octanol–water partition coefficient (Wildman–Crippen LogP) is 4.56. The molecule has 2 aromatic carbocycles. The zero-order valence-electron chi connectivity index (χ0n) is 10.9. The molecular weight excluding hydrogens is 238 g/mol. The summed E-state index contributed by atoms with van der Waals surface area (Å²) < 4.78 is 0. The summed E-state index contributed by atoms with van der Waals surface area (Å²) in [6.07, 6.45) is 0.977. The van der Waals surface area contributed by atoms with E-state index in [0.717, 1.165) is 6.42 Å². The second-order valence-electron chi connectivity index (χ2n) is 4.50. The number of nitrogens with two attached hydrogens (primary N) is 1. The van der Waals surface area contributed by atoms with Gasteiger partial charge in [-0.15, -0.1) is 0 Å². The van der Waals surface area contributed by atoms with Crippen LogP contribution < -0.4 is 5.73 Å². The van der Waals surface area contributed by atoms with Crippen molar-refractivity contribution in [3.05, 3.63) is 59.7 Å². The molecule has 0 saturated heterocycles. The van der Waals surface area contributed by atoms with Crippen molar-refractivity contribution in [3.8, 4) is 0 Å². The van der Waals surface area contributed by atoms with Crippen molar-refractivity contribution >= 4 is 11.8 Å². The highest BCUT2D eigenvalue weighted by atomic mass is 32.2. The third kappa shape index (κ3) is 3.37. The molecule has 2 heteroatoms. The van der Waals surface area contributed by atoms with E-state index in [0.29, 0.717) is 0 Å². The first-order chi connectivity index (χ1) is 8.69. The zero-order valence-corrected chi connectivity index (χ0v) is 11.7. The highest BCUT2D eigenvalue weighted by Crippen LogP contribution is 2.28. The molecule has 0 aromatic heterocycles. The molecule has 1 nitrogen and oxygen atoms in total. The van der Waals surface area contributed by atoms with E-state index in [1.807, 2.05) is 0 Å². The molecule has 94 valence electrons. The minimum Gasteiger partial charge on any atom is -0.324 e. The third-order valence-electron chi connectivity index (χ3n) is 3.00. The molecule has 2 N–H and O–H groups in total. The first-order valence-electron chi connectivity index (χ1n) is 6.29. The van der Waals surface area contributed by atoms with Crippen molar-refractivity contribution in [2.45, 2.75) is 36.1 Å². The average Bonchev–Trinajstić information content (AvgIpc) is 2.41. The summed E-state index contributed by atoms with van der Waals surface area (Å²) in [6, 6.07) is 17.3. The van der Waals surface area contributed by atoms with Crippen LogP contribution in [0.4, 0.5) is 0 Å². The molecule has 0 aliphatic heterocycles. The van der Waals surface area contributed by atoms with E-state index in [9.17, 15) is 0 Å². The van der Waals surface area contributed by atoms with E-state index in [1.165, 1.54) is 20.9 Å². The molecule has 0 radical (unpaired) electrons. The van der Waals surface area contributed by atoms with Gasteiger partial charge in [0.25, 0.3) is 0 Å². The van der Waals surface area contributed by atoms with Gasteiger partial charge in [0.2, 0.25) is 0 Å². The Kier molecular flexibility index (Phi) is 4.45. The fourth-order valence-corrected chi connectivity index (χ4v) is 2.58. The second kappa shape index (κ2) is 6.07. The summed E-state index contributed by atoms with van der Waals surface area (Å²) in [5.74, 6) is 0. The lowest BCUT2D eigenvalue weighted by molar-refractivity contribution is 0.698. The zero-order chi connectivity index (χ0) is 13.0. The number of rotatable bonds is 4. The highest BCUT2D eigenvalue weighted by molar-refractivity contribution is 7.99. The van der Waals surface area contributed by atoms with Gasteiger partial charge in [-0.25, -0.2) is 0 Å². The van der Waals surface area contributed by atoms with Gasteiger partial charge in [0.05, 0.1) is 0 Å². The summed E-state index contributed by atoms with van der Waals surface area (Å²) in [5, 5.41) is 0. The van der Waals surface area contributed by atoms with Crippen molar-refractivity contribution in [2.24, 2.45) is 5.73 Å². The lowest BCUT2D eigenvalue weighted by Crippen LogP contribution is -2.07. The first kappa shape index (κ1) is 13.2. The van der Waals surface area contributed by atoms with Gasteiger partial charge in [-0.3, -0.25) is 0 Å². The Morgan fingerprint density at radius 2 is 1.44 bits per heavy atom. The van der Waals surface area contributed by atoms with Crippen LogP contribution in [0.15, 0.2) is 58.3 Å².